The maximum atomic E-state index is 11.8. The Bertz CT molecular complexity index is 330. The molecule has 0 aromatic rings. The van der Waals surface area contributed by atoms with Gasteiger partial charge in [-0.25, -0.2) is 0 Å². The highest BCUT2D eigenvalue weighted by Gasteiger charge is 2.44. The molecular formula is C16H29NO3. The smallest absolute Gasteiger partial charge is 0.310 e. The Morgan fingerprint density at radius 2 is 2.10 bits per heavy atom. The molecule has 1 N–H and O–H groups in total. The molecule has 1 aliphatic carbocycles. The zero-order valence-corrected chi connectivity index (χ0v) is 12.9. The molecule has 3 atom stereocenters. The molecule has 1 aliphatic heterocycles. The lowest BCUT2D eigenvalue weighted by atomic mass is 9.75. The molecule has 1 saturated heterocycles. The maximum absolute atomic E-state index is 11.8. The van der Waals surface area contributed by atoms with E-state index >= 15 is 0 Å². The molecule has 0 amide bonds. The zero-order chi connectivity index (χ0) is 14.6. The Balaban J connectivity index is 2.10. The lowest BCUT2D eigenvalue weighted by Crippen LogP contribution is -2.55. The highest BCUT2D eigenvalue weighted by molar-refractivity contribution is 5.75. The van der Waals surface area contributed by atoms with Gasteiger partial charge in [0.2, 0.25) is 0 Å². The molecule has 1 saturated carbocycles. The second-order valence-electron chi connectivity index (χ2n) is 6.54. The minimum atomic E-state index is -0.603. The van der Waals surface area contributed by atoms with E-state index in [1.54, 1.807) is 7.11 Å². The zero-order valence-electron chi connectivity index (χ0n) is 12.9. The minimum Gasteiger partial charge on any atom is -0.481 e. The Kier molecular flexibility index (Phi) is 5.44. The van der Waals surface area contributed by atoms with E-state index in [9.17, 15) is 9.90 Å². The summed E-state index contributed by atoms with van der Waals surface area (Å²) in [6.07, 6.45) is 8.61. The summed E-state index contributed by atoms with van der Waals surface area (Å²) in [6.45, 7) is 3.83. The van der Waals surface area contributed by atoms with Crippen molar-refractivity contribution >= 4 is 5.97 Å². The minimum absolute atomic E-state index is 0.287. The monoisotopic (exact) mass is 283 g/mol. The lowest BCUT2D eigenvalue weighted by molar-refractivity contribution is -0.155. The quantitative estimate of drug-likeness (QED) is 0.843. The van der Waals surface area contributed by atoms with Gasteiger partial charge >= 0.3 is 5.97 Å². The number of carbonyl (C=O) groups is 1. The van der Waals surface area contributed by atoms with Crippen LogP contribution in [-0.4, -0.2) is 48.3 Å². The van der Waals surface area contributed by atoms with Crippen LogP contribution < -0.4 is 0 Å². The summed E-state index contributed by atoms with van der Waals surface area (Å²) >= 11 is 0. The van der Waals surface area contributed by atoms with Crippen molar-refractivity contribution in [2.45, 2.75) is 70.4 Å². The summed E-state index contributed by atoms with van der Waals surface area (Å²) < 4.78 is 5.66. The van der Waals surface area contributed by atoms with Gasteiger partial charge in [-0.2, -0.15) is 0 Å². The Labute approximate surface area is 122 Å². The molecule has 0 aromatic heterocycles. The number of aliphatic carboxylic acids is 1. The summed E-state index contributed by atoms with van der Waals surface area (Å²) in [5.74, 6) is -0.603. The molecule has 0 spiro atoms. The first kappa shape index (κ1) is 15.8. The first-order valence-electron chi connectivity index (χ1n) is 8.13. The molecule has 4 heteroatoms. The van der Waals surface area contributed by atoms with Gasteiger partial charge in [0, 0.05) is 19.7 Å². The van der Waals surface area contributed by atoms with Crippen LogP contribution in [0.4, 0.5) is 0 Å². The van der Waals surface area contributed by atoms with E-state index < -0.39 is 11.4 Å². The van der Waals surface area contributed by atoms with Crippen LogP contribution >= 0.6 is 0 Å². The third-order valence-electron chi connectivity index (χ3n) is 5.23. The topological polar surface area (TPSA) is 49.8 Å². The molecule has 4 nitrogen and oxygen atoms in total. The summed E-state index contributed by atoms with van der Waals surface area (Å²) in [5, 5.41) is 9.70. The summed E-state index contributed by atoms with van der Waals surface area (Å²) in [6, 6.07) is 0.421. The van der Waals surface area contributed by atoms with Crippen LogP contribution in [0.25, 0.3) is 0 Å². The molecule has 116 valence electrons. The van der Waals surface area contributed by atoms with Crippen LogP contribution in [0.15, 0.2) is 0 Å². The second-order valence-corrected chi connectivity index (χ2v) is 6.54. The number of rotatable bonds is 5. The van der Waals surface area contributed by atoms with Gasteiger partial charge in [-0.1, -0.05) is 26.2 Å². The highest BCUT2D eigenvalue weighted by Crippen LogP contribution is 2.38. The van der Waals surface area contributed by atoms with Gasteiger partial charge in [0.25, 0.3) is 0 Å². The fourth-order valence-corrected chi connectivity index (χ4v) is 4.18. The van der Waals surface area contributed by atoms with Gasteiger partial charge in [-0.3, -0.25) is 9.69 Å². The van der Waals surface area contributed by atoms with Crippen molar-refractivity contribution in [2.24, 2.45) is 5.41 Å². The molecule has 1 heterocycles. The number of ether oxygens (including phenoxy) is 1. The Hall–Kier alpha value is -0.610. The number of nitrogens with zero attached hydrogens (tertiary/aromatic N) is 1. The predicted octanol–water partition coefficient (Wildman–Crippen LogP) is 2.91. The van der Waals surface area contributed by atoms with Gasteiger partial charge in [0.1, 0.15) is 0 Å². The van der Waals surface area contributed by atoms with E-state index in [1.165, 1.54) is 12.8 Å². The van der Waals surface area contributed by atoms with Gasteiger partial charge in [0.15, 0.2) is 0 Å². The number of piperidine rings is 1. The van der Waals surface area contributed by atoms with Gasteiger partial charge in [0.05, 0.1) is 11.5 Å². The fourth-order valence-electron chi connectivity index (χ4n) is 4.18. The summed E-state index contributed by atoms with van der Waals surface area (Å²) in [5.41, 5.74) is -0.525. The third kappa shape index (κ3) is 3.17. The standard InChI is InChI=1S/C16H29NO3/c1-3-9-16(15(18)19)10-6-11-17(12-16)13-7-4-5-8-14(13)20-2/h13-14H,3-12H2,1-2H3,(H,18,19). The number of hydrogen-bond acceptors (Lipinski definition) is 3. The SMILES string of the molecule is CCCC1(C(=O)O)CCCN(C2CCCCC2OC)C1. The average Bonchev–Trinajstić information content (AvgIpc) is 2.47. The largest absolute Gasteiger partial charge is 0.481 e. The summed E-state index contributed by atoms with van der Waals surface area (Å²) in [4.78, 5) is 14.2. The van der Waals surface area contributed by atoms with Gasteiger partial charge in [-0.05, 0) is 38.6 Å². The number of methoxy groups -OCH3 is 1. The molecule has 2 fully saturated rings. The van der Waals surface area contributed by atoms with Crippen LogP contribution in [0, 0.1) is 5.41 Å². The van der Waals surface area contributed by atoms with Crippen LogP contribution in [0.5, 0.6) is 0 Å². The number of carboxylic acid groups (broad SMARTS) is 1. The third-order valence-corrected chi connectivity index (χ3v) is 5.23. The number of likely N-dealkylation sites (tertiary alicyclic amines) is 1. The Morgan fingerprint density at radius 3 is 2.75 bits per heavy atom. The van der Waals surface area contributed by atoms with Crippen LogP contribution in [0.1, 0.15) is 58.3 Å². The van der Waals surface area contributed by atoms with Crippen LogP contribution in [-0.2, 0) is 9.53 Å². The predicted molar refractivity (Wildman–Crippen MR) is 78.8 cm³/mol. The van der Waals surface area contributed by atoms with E-state index in [0.29, 0.717) is 12.6 Å². The normalized spacial score (nSPS) is 35.9. The van der Waals surface area contributed by atoms with Gasteiger partial charge < -0.3 is 9.84 Å². The Morgan fingerprint density at radius 1 is 1.35 bits per heavy atom. The van der Waals surface area contributed by atoms with Crippen LogP contribution in [0.2, 0.25) is 0 Å². The van der Waals surface area contributed by atoms with Crippen molar-refractivity contribution in [1.82, 2.24) is 4.90 Å². The molecule has 0 radical (unpaired) electrons. The van der Waals surface area contributed by atoms with Crippen LogP contribution in [0.3, 0.4) is 0 Å². The van der Waals surface area contributed by atoms with Crippen molar-refractivity contribution < 1.29 is 14.6 Å². The second kappa shape index (κ2) is 6.90. The molecule has 20 heavy (non-hydrogen) atoms. The summed E-state index contributed by atoms with van der Waals surface area (Å²) in [7, 11) is 1.80. The molecule has 3 unspecified atom stereocenters. The number of hydrogen-bond donors (Lipinski definition) is 1. The van der Waals surface area contributed by atoms with E-state index in [2.05, 4.69) is 11.8 Å². The average molecular weight is 283 g/mol. The lowest BCUT2D eigenvalue weighted by Gasteiger charge is -2.46. The fraction of sp³-hybridized carbons (Fsp3) is 0.938. The molecule has 0 bridgehead atoms. The van der Waals surface area contributed by atoms with E-state index in [0.717, 1.165) is 45.1 Å². The van der Waals surface area contributed by atoms with E-state index in [4.69, 9.17) is 4.74 Å². The van der Waals surface area contributed by atoms with Crippen molar-refractivity contribution in [3.8, 4) is 0 Å². The first-order valence-corrected chi connectivity index (χ1v) is 8.13. The first-order chi connectivity index (χ1) is 9.63. The van der Waals surface area contributed by atoms with E-state index in [1.807, 2.05) is 0 Å². The highest BCUT2D eigenvalue weighted by atomic mass is 16.5. The molecule has 2 aliphatic rings. The molecular weight excluding hydrogens is 254 g/mol. The van der Waals surface area contributed by atoms with Crippen molar-refractivity contribution in [3.05, 3.63) is 0 Å². The maximum Gasteiger partial charge on any atom is 0.310 e. The van der Waals surface area contributed by atoms with Crippen molar-refractivity contribution in [1.29, 1.82) is 0 Å². The molecule has 0 aromatic carbocycles. The van der Waals surface area contributed by atoms with Crippen molar-refractivity contribution in [3.63, 3.8) is 0 Å². The molecule has 2 rings (SSSR count). The van der Waals surface area contributed by atoms with Gasteiger partial charge in [-0.15, -0.1) is 0 Å². The van der Waals surface area contributed by atoms with Crippen molar-refractivity contribution in [2.75, 3.05) is 20.2 Å². The number of carboxylic acids is 1. The van der Waals surface area contributed by atoms with E-state index in [-0.39, 0.29) is 6.10 Å².